The Labute approximate surface area is 128 Å². The lowest BCUT2D eigenvalue weighted by Gasteiger charge is -2.06. The van der Waals surface area contributed by atoms with Crippen LogP contribution in [-0.2, 0) is 10.0 Å². The summed E-state index contributed by atoms with van der Waals surface area (Å²) in [6.45, 7) is 0.379. The highest BCUT2D eigenvalue weighted by Gasteiger charge is 2.11. The van der Waals surface area contributed by atoms with Gasteiger partial charge in [0.2, 0.25) is 10.0 Å². The summed E-state index contributed by atoms with van der Waals surface area (Å²) in [5.41, 5.74) is 0. The molecule has 0 fully saturated rings. The van der Waals surface area contributed by atoms with E-state index < -0.39 is 10.0 Å². The first kappa shape index (κ1) is 15.4. The van der Waals surface area contributed by atoms with Crippen molar-refractivity contribution in [1.82, 2.24) is 4.72 Å². The summed E-state index contributed by atoms with van der Waals surface area (Å²) in [6, 6.07) is 15.8. The summed E-state index contributed by atoms with van der Waals surface area (Å²) in [7, 11) is -3.41. The van der Waals surface area contributed by atoms with Gasteiger partial charge in [-0.05, 0) is 36.4 Å². The monoisotopic (exact) mass is 327 g/mol. The molecule has 0 saturated heterocycles. The minimum atomic E-state index is -3.41. The molecule has 0 bridgehead atoms. The van der Waals surface area contributed by atoms with Crippen LogP contribution in [0.3, 0.4) is 0 Å². The highest BCUT2D eigenvalue weighted by Crippen LogP contribution is 2.19. The predicted octanol–water partition coefficient (Wildman–Crippen LogP) is 3.41. The van der Waals surface area contributed by atoms with Crippen molar-refractivity contribution in [2.45, 2.75) is 9.79 Å². The quantitative estimate of drug-likeness (QED) is 0.653. The molecule has 1 N–H and O–H groups in total. The van der Waals surface area contributed by atoms with Gasteiger partial charge in [-0.1, -0.05) is 29.8 Å². The zero-order chi connectivity index (χ0) is 14.4. The first-order valence-electron chi connectivity index (χ1n) is 6.01. The maximum Gasteiger partial charge on any atom is 0.240 e. The summed E-state index contributed by atoms with van der Waals surface area (Å²) >= 11 is 7.38. The Morgan fingerprint density at radius 3 is 2.30 bits per heavy atom. The lowest BCUT2D eigenvalue weighted by molar-refractivity contribution is 0.584. The average molecular weight is 328 g/mol. The third-order valence-electron chi connectivity index (χ3n) is 2.53. The molecule has 2 aromatic rings. The Kier molecular flexibility index (Phi) is 5.48. The third kappa shape index (κ3) is 4.52. The van der Waals surface area contributed by atoms with Crippen molar-refractivity contribution in [1.29, 1.82) is 0 Å². The van der Waals surface area contributed by atoms with Crippen LogP contribution in [0.15, 0.2) is 64.4 Å². The van der Waals surface area contributed by atoms with Crippen molar-refractivity contribution in [3.8, 4) is 0 Å². The van der Waals surface area contributed by atoms with E-state index in [4.69, 9.17) is 11.6 Å². The van der Waals surface area contributed by atoms with Crippen LogP contribution in [0.2, 0.25) is 5.02 Å². The Bertz CT molecular complexity index is 643. The van der Waals surface area contributed by atoms with E-state index in [0.717, 1.165) is 4.90 Å². The van der Waals surface area contributed by atoms with Gasteiger partial charge in [-0.25, -0.2) is 13.1 Å². The number of thioether (sulfide) groups is 1. The fourth-order valence-electron chi connectivity index (χ4n) is 1.56. The molecule has 3 nitrogen and oxygen atoms in total. The Morgan fingerprint density at radius 2 is 1.65 bits per heavy atom. The highest BCUT2D eigenvalue weighted by atomic mass is 35.5. The lowest BCUT2D eigenvalue weighted by Crippen LogP contribution is -2.25. The van der Waals surface area contributed by atoms with Crippen LogP contribution in [0.1, 0.15) is 0 Å². The molecule has 0 unspecified atom stereocenters. The van der Waals surface area contributed by atoms with Crippen LogP contribution in [-0.4, -0.2) is 20.7 Å². The van der Waals surface area contributed by atoms with Crippen molar-refractivity contribution in [2.75, 3.05) is 12.3 Å². The fourth-order valence-corrected chi connectivity index (χ4v) is 3.64. The van der Waals surface area contributed by atoms with Crippen LogP contribution in [0.4, 0.5) is 0 Å². The van der Waals surface area contributed by atoms with Gasteiger partial charge in [0, 0.05) is 22.2 Å². The Hall–Kier alpha value is -1.01. The SMILES string of the molecule is O=S(=O)(NCCSc1ccc(Cl)cc1)c1ccccc1. The second-order valence-electron chi connectivity index (χ2n) is 4.01. The highest BCUT2D eigenvalue weighted by molar-refractivity contribution is 7.99. The summed E-state index contributed by atoms with van der Waals surface area (Å²) in [5, 5.41) is 0.694. The molecule has 106 valence electrons. The number of benzene rings is 2. The summed E-state index contributed by atoms with van der Waals surface area (Å²) in [6.07, 6.45) is 0. The van der Waals surface area contributed by atoms with E-state index >= 15 is 0 Å². The van der Waals surface area contributed by atoms with E-state index in [9.17, 15) is 8.42 Å². The lowest BCUT2D eigenvalue weighted by atomic mass is 10.4. The molecule has 0 saturated carbocycles. The van der Waals surface area contributed by atoms with Crippen LogP contribution in [0.5, 0.6) is 0 Å². The topological polar surface area (TPSA) is 46.2 Å². The zero-order valence-corrected chi connectivity index (χ0v) is 13.0. The van der Waals surface area contributed by atoms with Crippen molar-refractivity contribution in [3.63, 3.8) is 0 Å². The molecule has 2 rings (SSSR count). The molecule has 0 heterocycles. The molecule has 0 atom stereocenters. The van der Waals surface area contributed by atoms with Gasteiger partial charge in [-0.3, -0.25) is 0 Å². The molecule has 2 aromatic carbocycles. The van der Waals surface area contributed by atoms with Crippen molar-refractivity contribution < 1.29 is 8.42 Å². The number of rotatable bonds is 6. The van der Waals surface area contributed by atoms with Gasteiger partial charge in [0.1, 0.15) is 0 Å². The van der Waals surface area contributed by atoms with Crippen molar-refractivity contribution in [3.05, 3.63) is 59.6 Å². The van der Waals surface area contributed by atoms with Gasteiger partial charge in [0.05, 0.1) is 4.90 Å². The van der Waals surface area contributed by atoms with Gasteiger partial charge in [-0.2, -0.15) is 0 Å². The zero-order valence-electron chi connectivity index (χ0n) is 10.6. The van der Waals surface area contributed by atoms with Crippen LogP contribution in [0.25, 0.3) is 0 Å². The molecule has 0 aliphatic rings. The van der Waals surface area contributed by atoms with Crippen LogP contribution in [0, 0.1) is 0 Å². The Balaban J connectivity index is 1.83. The van der Waals surface area contributed by atoms with Crippen LogP contribution < -0.4 is 4.72 Å². The molecule has 20 heavy (non-hydrogen) atoms. The largest absolute Gasteiger partial charge is 0.240 e. The standard InChI is InChI=1S/C14H14ClNO2S2/c15-12-6-8-13(9-7-12)19-11-10-16-20(17,18)14-4-2-1-3-5-14/h1-9,16H,10-11H2. The van der Waals surface area contributed by atoms with E-state index in [2.05, 4.69) is 4.72 Å². The third-order valence-corrected chi connectivity index (χ3v) is 5.27. The average Bonchev–Trinajstić information content (AvgIpc) is 2.46. The van der Waals surface area contributed by atoms with Gasteiger partial charge < -0.3 is 0 Å². The second kappa shape index (κ2) is 7.13. The molecule has 0 aliphatic carbocycles. The van der Waals surface area contributed by atoms with Crippen molar-refractivity contribution in [2.24, 2.45) is 0 Å². The molecule has 0 radical (unpaired) electrons. The number of halogens is 1. The maximum atomic E-state index is 12.0. The summed E-state index contributed by atoms with van der Waals surface area (Å²) < 4.78 is 26.5. The molecule has 0 amide bonds. The molecule has 0 aromatic heterocycles. The number of sulfonamides is 1. The molecule has 0 spiro atoms. The predicted molar refractivity (Wildman–Crippen MR) is 83.8 cm³/mol. The molecule has 0 aliphatic heterocycles. The van der Waals surface area contributed by atoms with Gasteiger partial charge >= 0.3 is 0 Å². The van der Waals surface area contributed by atoms with Crippen molar-refractivity contribution >= 4 is 33.4 Å². The normalized spacial score (nSPS) is 11.4. The molecular formula is C14H14ClNO2S2. The van der Waals surface area contributed by atoms with E-state index in [0.29, 0.717) is 17.3 Å². The maximum absolute atomic E-state index is 12.0. The van der Waals surface area contributed by atoms with E-state index in [1.165, 1.54) is 0 Å². The van der Waals surface area contributed by atoms with E-state index in [1.807, 2.05) is 24.3 Å². The number of hydrogen-bond acceptors (Lipinski definition) is 3. The smallest absolute Gasteiger partial charge is 0.210 e. The van der Waals surface area contributed by atoms with Crippen LogP contribution >= 0.6 is 23.4 Å². The minimum Gasteiger partial charge on any atom is -0.210 e. The van der Waals surface area contributed by atoms with E-state index in [1.54, 1.807) is 42.1 Å². The minimum absolute atomic E-state index is 0.288. The Morgan fingerprint density at radius 1 is 1.00 bits per heavy atom. The summed E-state index contributed by atoms with van der Waals surface area (Å²) in [5.74, 6) is 0.660. The first-order chi connectivity index (χ1) is 9.58. The van der Waals surface area contributed by atoms with Gasteiger partial charge in [0.15, 0.2) is 0 Å². The molecule has 6 heteroatoms. The summed E-state index contributed by atoms with van der Waals surface area (Å²) in [4.78, 5) is 1.35. The molecular weight excluding hydrogens is 314 g/mol. The van der Waals surface area contributed by atoms with Gasteiger partial charge in [0.25, 0.3) is 0 Å². The van der Waals surface area contributed by atoms with Gasteiger partial charge in [-0.15, -0.1) is 11.8 Å². The fraction of sp³-hybridized carbons (Fsp3) is 0.143. The number of nitrogens with one attached hydrogen (secondary N) is 1. The first-order valence-corrected chi connectivity index (χ1v) is 8.86. The second-order valence-corrected chi connectivity index (χ2v) is 7.38. The number of hydrogen-bond donors (Lipinski definition) is 1. The van der Waals surface area contributed by atoms with E-state index in [-0.39, 0.29) is 4.90 Å².